The van der Waals surface area contributed by atoms with E-state index in [1.54, 1.807) is 19.2 Å². The van der Waals surface area contributed by atoms with Crippen molar-refractivity contribution in [3.05, 3.63) is 90.0 Å². The quantitative estimate of drug-likeness (QED) is 0.221. The van der Waals surface area contributed by atoms with Crippen LogP contribution in [-0.2, 0) is 16.2 Å². The van der Waals surface area contributed by atoms with Crippen LogP contribution in [-0.4, -0.2) is 35.3 Å². The van der Waals surface area contributed by atoms with Crippen molar-refractivity contribution < 1.29 is 19.1 Å². The normalized spacial score (nSPS) is 10.7. The first kappa shape index (κ1) is 23.6. The maximum absolute atomic E-state index is 12.2. The van der Waals surface area contributed by atoms with E-state index in [1.807, 2.05) is 66.7 Å². The van der Waals surface area contributed by atoms with E-state index in [2.05, 4.69) is 26.0 Å². The molecule has 176 valence electrons. The first-order valence-electron chi connectivity index (χ1n) is 10.5. The van der Waals surface area contributed by atoms with Gasteiger partial charge in [0, 0.05) is 11.1 Å². The summed E-state index contributed by atoms with van der Waals surface area (Å²) in [6.45, 7) is 0.323. The Morgan fingerprint density at radius 1 is 0.971 bits per heavy atom. The van der Waals surface area contributed by atoms with E-state index in [4.69, 9.17) is 9.47 Å². The molecule has 0 fully saturated rings. The smallest absolute Gasteiger partial charge is 0.329 e. The largest absolute Gasteiger partial charge is 0.497 e. The van der Waals surface area contributed by atoms with Gasteiger partial charge in [0.1, 0.15) is 23.1 Å². The number of carbonyl (C=O) groups is 2. The van der Waals surface area contributed by atoms with Crippen LogP contribution in [0.3, 0.4) is 0 Å². The summed E-state index contributed by atoms with van der Waals surface area (Å²) in [6.07, 6.45) is 1.41. The second-order valence-corrected chi connectivity index (χ2v) is 8.09. The number of ether oxygens (including phenoxy) is 2. The fourth-order valence-electron chi connectivity index (χ4n) is 2.98. The van der Waals surface area contributed by atoms with Crippen molar-refractivity contribution in [3.8, 4) is 22.1 Å². The standard InChI is InChI=1S/C25H21N5O4S/c1-33-20-12-7-8-17(14-20)16-34-21-13-6-5-11-19(21)15-26-28-23(32)22(31)27-25-30-29-24(35-25)18-9-3-2-4-10-18/h2-15H,16H2,1H3,(H,28,32)(H,27,30,31). The minimum Gasteiger partial charge on any atom is -0.497 e. The fraction of sp³-hybridized carbons (Fsp3) is 0.0800. The lowest BCUT2D eigenvalue weighted by atomic mass is 10.2. The SMILES string of the molecule is COc1cccc(COc2ccccc2C=NNC(=O)C(=O)Nc2nnc(-c3ccccc3)s2)c1. The Morgan fingerprint density at radius 3 is 2.60 bits per heavy atom. The summed E-state index contributed by atoms with van der Waals surface area (Å²) >= 11 is 1.16. The number of nitrogens with zero attached hydrogens (tertiary/aromatic N) is 3. The number of benzene rings is 3. The zero-order chi connectivity index (χ0) is 24.5. The molecule has 0 aliphatic rings. The summed E-state index contributed by atoms with van der Waals surface area (Å²) in [5.41, 5.74) is 4.65. The molecule has 0 saturated carbocycles. The zero-order valence-corrected chi connectivity index (χ0v) is 19.5. The number of para-hydroxylation sites is 1. The molecule has 0 spiro atoms. The van der Waals surface area contributed by atoms with Gasteiger partial charge in [-0.25, -0.2) is 5.43 Å². The zero-order valence-electron chi connectivity index (χ0n) is 18.7. The molecule has 0 saturated heterocycles. The second-order valence-electron chi connectivity index (χ2n) is 7.11. The molecule has 0 radical (unpaired) electrons. The van der Waals surface area contributed by atoms with Crippen molar-refractivity contribution >= 4 is 34.5 Å². The highest BCUT2D eigenvalue weighted by Gasteiger charge is 2.16. The Morgan fingerprint density at radius 2 is 1.77 bits per heavy atom. The Kier molecular flexibility index (Phi) is 7.77. The fourth-order valence-corrected chi connectivity index (χ4v) is 3.72. The summed E-state index contributed by atoms with van der Waals surface area (Å²) in [5, 5.41) is 15.1. The minimum atomic E-state index is -0.938. The van der Waals surface area contributed by atoms with Crippen LogP contribution in [0.4, 0.5) is 5.13 Å². The van der Waals surface area contributed by atoms with Gasteiger partial charge < -0.3 is 9.47 Å². The molecule has 1 aromatic heterocycles. The van der Waals surface area contributed by atoms with Crippen LogP contribution in [0.5, 0.6) is 11.5 Å². The Labute approximate surface area is 205 Å². The van der Waals surface area contributed by atoms with E-state index in [0.29, 0.717) is 22.9 Å². The van der Waals surface area contributed by atoms with Gasteiger partial charge in [-0.3, -0.25) is 14.9 Å². The highest BCUT2D eigenvalue weighted by molar-refractivity contribution is 7.18. The molecule has 0 aliphatic carbocycles. The molecule has 4 aromatic rings. The summed E-state index contributed by atoms with van der Waals surface area (Å²) in [6, 6.07) is 24.2. The van der Waals surface area contributed by atoms with E-state index in [9.17, 15) is 9.59 Å². The highest BCUT2D eigenvalue weighted by Crippen LogP contribution is 2.25. The third-order valence-corrected chi connectivity index (χ3v) is 5.58. The van der Waals surface area contributed by atoms with Crippen LogP contribution in [0.15, 0.2) is 84.0 Å². The van der Waals surface area contributed by atoms with Crippen LogP contribution in [0.2, 0.25) is 0 Å². The number of hydrazone groups is 1. The molecule has 3 aromatic carbocycles. The topological polar surface area (TPSA) is 115 Å². The summed E-state index contributed by atoms with van der Waals surface area (Å²) in [4.78, 5) is 24.3. The van der Waals surface area contributed by atoms with Crippen LogP contribution < -0.4 is 20.2 Å². The third-order valence-electron chi connectivity index (χ3n) is 4.69. The van der Waals surface area contributed by atoms with Gasteiger partial charge in [0.05, 0.1) is 13.3 Å². The average molecular weight is 488 g/mol. The van der Waals surface area contributed by atoms with Gasteiger partial charge in [0.2, 0.25) is 5.13 Å². The number of hydrogen-bond donors (Lipinski definition) is 2. The molecule has 35 heavy (non-hydrogen) atoms. The molecular formula is C25H21N5O4S. The molecule has 2 amide bonds. The molecule has 2 N–H and O–H groups in total. The Hall–Kier alpha value is -4.57. The van der Waals surface area contributed by atoms with Crippen molar-refractivity contribution in [1.29, 1.82) is 0 Å². The monoisotopic (exact) mass is 487 g/mol. The van der Waals surface area contributed by atoms with E-state index in [0.717, 1.165) is 28.2 Å². The first-order chi connectivity index (χ1) is 17.1. The summed E-state index contributed by atoms with van der Waals surface area (Å²) < 4.78 is 11.1. The molecule has 0 bridgehead atoms. The highest BCUT2D eigenvalue weighted by atomic mass is 32.1. The van der Waals surface area contributed by atoms with Crippen molar-refractivity contribution in [2.45, 2.75) is 6.61 Å². The number of hydrogen-bond acceptors (Lipinski definition) is 8. The van der Waals surface area contributed by atoms with E-state index in [1.165, 1.54) is 6.21 Å². The minimum absolute atomic E-state index is 0.212. The second kappa shape index (κ2) is 11.5. The lowest BCUT2D eigenvalue weighted by molar-refractivity contribution is -0.136. The summed E-state index contributed by atoms with van der Waals surface area (Å²) in [5.74, 6) is -0.528. The van der Waals surface area contributed by atoms with Crippen LogP contribution in [0.25, 0.3) is 10.6 Å². The molecule has 1 heterocycles. The van der Waals surface area contributed by atoms with Gasteiger partial charge in [-0.1, -0.05) is 65.9 Å². The third kappa shape index (κ3) is 6.49. The van der Waals surface area contributed by atoms with Gasteiger partial charge in [-0.15, -0.1) is 10.2 Å². The molecule has 4 rings (SSSR count). The van der Waals surface area contributed by atoms with Crippen LogP contribution >= 0.6 is 11.3 Å². The number of anilines is 1. The van der Waals surface area contributed by atoms with Crippen molar-refractivity contribution in [2.75, 3.05) is 12.4 Å². The molecular weight excluding hydrogens is 466 g/mol. The number of methoxy groups -OCH3 is 1. The van der Waals surface area contributed by atoms with Gasteiger partial charge in [-0.05, 0) is 29.8 Å². The average Bonchev–Trinajstić information content (AvgIpc) is 3.37. The number of carbonyl (C=O) groups excluding carboxylic acids is 2. The Bertz CT molecular complexity index is 1340. The van der Waals surface area contributed by atoms with Gasteiger partial charge in [0.15, 0.2) is 0 Å². The van der Waals surface area contributed by atoms with Crippen molar-refractivity contribution in [3.63, 3.8) is 0 Å². The maximum Gasteiger partial charge on any atom is 0.329 e. The van der Waals surface area contributed by atoms with Crippen LogP contribution in [0, 0.1) is 0 Å². The van der Waals surface area contributed by atoms with Gasteiger partial charge in [-0.2, -0.15) is 5.10 Å². The molecule has 0 aliphatic heterocycles. The predicted octanol–water partition coefficient (Wildman–Crippen LogP) is 3.88. The maximum atomic E-state index is 12.2. The number of amides is 2. The van der Waals surface area contributed by atoms with Crippen molar-refractivity contribution in [1.82, 2.24) is 15.6 Å². The van der Waals surface area contributed by atoms with Crippen LogP contribution in [0.1, 0.15) is 11.1 Å². The molecule has 0 atom stereocenters. The van der Waals surface area contributed by atoms with Gasteiger partial charge in [0.25, 0.3) is 0 Å². The van der Waals surface area contributed by atoms with Gasteiger partial charge >= 0.3 is 11.8 Å². The molecule has 10 heteroatoms. The number of rotatable bonds is 8. The van der Waals surface area contributed by atoms with E-state index >= 15 is 0 Å². The van der Waals surface area contributed by atoms with Crippen molar-refractivity contribution in [2.24, 2.45) is 5.10 Å². The first-order valence-corrected chi connectivity index (χ1v) is 11.3. The lowest BCUT2D eigenvalue weighted by Gasteiger charge is -2.10. The van der Waals surface area contributed by atoms with E-state index in [-0.39, 0.29) is 5.13 Å². The van der Waals surface area contributed by atoms with E-state index < -0.39 is 11.8 Å². The number of nitrogens with one attached hydrogen (secondary N) is 2. The summed E-state index contributed by atoms with van der Waals surface area (Å²) in [7, 11) is 1.61. The Balaban J connectivity index is 1.32. The molecule has 9 nitrogen and oxygen atoms in total. The predicted molar refractivity (Wildman–Crippen MR) is 133 cm³/mol. The molecule has 0 unspecified atom stereocenters. The number of aromatic nitrogens is 2. The lowest BCUT2D eigenvalue weighted by Crippen LogP contribution is -2.32.